The minimum atomic E-state index is -0.532. The van der Waals surface area contributed by atoms with E-state index in [2.05, 4.69) is 26.3 Å². The molecule has 2 aliphatic heterocycles. The van der Waals surface area contributed by atoms with Gasteiger partial charge in [0.2, 0.25) is 0 Å². The highest BCUT2D eigenvalue weighted by Crippen LogP contribution is 2.29. The van der Waals surface area contributed by atoms with Crippen LogP contribution in [0.1, 0.15) is 23.2 Å². The first-order chi connectivity index (χ1) is 17.0. The van der Waals surface area contributed by atoms with Gasteiger partial charge in [-0.3, -0.25) is 14.8 Å². The summed E-state index contributed by atoms with van der Waals surface area (Å²) < 4.78 is 12.7. The number of fused-ring (bicyclic) bond motifs is 2. The van der Waals surface area contributed by atoms with Crippen LogP contribution in [0.4, 0.5) is 0 Å². The zero-order valence-corrected chi connectivity index (χ0v) is 19.6. The molecule has 0 amide bonds. The molecule has 1 saturated heterocycles. The van der Waals surface area contributed by atoms with Crippen LogP contribution < -0.4 is 20.3 Å². The molecular formula is C25H28N6O4. The van der Waals surface area contributed by atoms with Crippen molar-refractivity contribution in [2.75, 3.05) is 32.8 Å². The summed E-state index contributed by atoms with van der Waals surface area (Å²) in [7, 11) is 1.70. The van der Waals surface area contributed by atoms with Crippen LogP contribution in [0.2, 0.25) is 0 Å². The summed E-state index contributed by atoms with van der Waals surface area (Å²) in [5, 5.41) is 23.8. The van der Waals surface area contributed by atoms with E-state index < -0.39 is 6.10 Å². The Morgan fingerprint density at radius 3 is 2.86 bits per heavy atom. The fraction of sp³-hybridized carbons (Fsp3) is 0.440. The van der Waals surface area contributed by atoms with E-state index in [0.29, 0.717) is 67.4 Å². The summed E-state index contributed by atoms with van der Waals surface area (Å²) in [6, 6.07) is 7.22. The molecule has 2 N–H and O–H groups in total. The molecule has 0 bridgehead atoms. The third-order valence-electron chi connectivity index (χ3n) is 6.73. The average molecular weight is 477 g/mol. The maximum atomic E-state index is 12.2. The summed E-state index contributed by atoms with van der Waals surface area (Å²) >= 11 is 0. The molecule has 0 aliphatic carbocycles. The predicted octanol–water partition coefficient (Wildman–Crippen LogP) is 0.739. The number of aryl methyl sites for hydroxylation is 1. The summed E-state index contributed by atoms with van der Waals surface area (Å²) in [5.74, 6) is 1.37. The first kappa shape index (κ1) is 23.2. The van der Waals surface area contributed by atoms with Gasteiger partial charge >= 0.3 is 0 Å². The lowest BCUT2D eigenvalue weighted by Crippen LogP contribution is -2.52. The number of rotatable bonds is 6. The molecule has 1 fully saturated rings. The van der Waals surface area contributed by atoms with Gasteiger partial charge in [0, 0.05) is 51.1 Å². The van der Waals surface area contributed by atoms with Crippen molar-refractivity contribution >= 4 is 11.0 Å². The molecular weight excluding hydrogens is 448 g/mol. The van der Waals surface area contributed by atoms with E-state index in [1.807, 2.05) is 6.07 Å². The quantitative estimate of drug-likeness (QED) is 0.530. The van der Waals surface area contributed by atoms with Crippen LogP contribution >= 0.6 is 0 Å². The number of aliphatic hydroxyl groups excluding tert-OH is 1. The molecule has 2 atom stereocenters. The molecule has 3 aromatic rings. The SMILES string of the molecule is Cn1c(=O)ccc2ncc(C#N)c(CCN3CCC(NCc4cc5c(cn4)OCCO5)C(O)C3)c21. The molecule has 0 aromatic carbocycles. The highest BCUT2D eigenvalue weighted by Gasteiger charge is 2.28. The minimum absolute atomic E-state index is 0.0431. The Labute approximate surface area is 202 Å². The van der Waals surface area contributed by atoms with E-state index in [-0.39, 0.29) is 11.6 Å². The standard InChI is InChI=1S/C25H28N6O4/c1-30-24(33)3-2-20-25(30)18(16(11-26)12-28-20)4-6-31-7-5-19(21(32)15-31)29-13-17-10-22-23(14-27-17)35-9-8-34-22/h2-3,10,12,14,19,21,29,32H,4-9,13,15H2,1H3. The summed E-state index contributed by atoms with van der Waals surface area (Å²) in [4.78, 5) is 23.1. The van der Waals surface area contributed by atoms with Crippen LogP contribution in [-0.4, -0.2) is 69.5 Å². The molecule has 0 radical (unpaired) electrons. The molecule has 0 spiro atoms. The number of pyridine rings is 3. The van der Waals surface area contributed by atoms with Gasteiger partial charge < -0.3 is 29.4 Å². The van der Waals surface area contributed by atoms with Crippen LogP contribution in [0, 0.1) is 11.3 Å². The van der Waals surface area contributed by atoms with E-state index in [1.54, 1.807) is 30.1 Å². The van der Waals surface area contributed by atoms with Gasteiger partial charge in [0.15, 0.2) is 11.5 Å². The number of piperidine rings is 1. The largest absolute Gasteiger partial charge is 0.486 e. The Bertz CT molecular complexity index is 1330. The number of nitrogens with zero attached hydrogens (tertiary/aromatic N) is 5. The number of aromatic nitrogens is 3. The van der Waals surface area contributed by atoms with Gasteiger partial charge in [-0.1, -0.05) is 0 Å². The number of ether oxygens (including phenoxy) is 2. The number of nitrogens with one attached hydrogen (secondary N) is 1. The second-order valence-corrected chi connectivity index (χ2v) is 8.94. The maximum Gasteiger partial charge on any atom is 0.250 e. The lowest BCUT2D eigenvalue weighted by atomic mass is 10.00. The normalized spacial score (nSPS) is 20.0. The van der Waals surface area contributed by atoms with E-state index >= 15 is 0 Å². The second-order valence-electron chi connectivity index (χ2n) is 8.94. The lowest BCUT2D eigenvalue weighted by Gasteiger charge is -2.36. The first-order valence-corrected chi connectivity index (χ1v) is 11.8. The molecule has 10 nitrogen and oxygen atoms in total. The van der Waals surface area contributed by atoms with E-state index in [0.717, 1.165) is 24.2 Å². The molecule has 10 heteroatoms. The van der Waals surface area contributed by atoms with Crippen molar-refractivity contribution in [3.63, 3.8) is 0 Å². The topological polar surface area (TPSA) is 126 Å². The Hall–Kier alpha value is -3.52. The predicted molar refractivity (Wildman–Crippen MR) is 128 cm³/mol. The lowest BCUT2D eigenvalue weighted by molar-refractivity contribution is 0.0403. The Balaban J connectivity index is 1.20. The monoisotopic (exact) mass is 476 g/mol. The number of hydrogen-bond acceptors (Lipinski definition) is 9. The zero-order chi connectivity index (χ0) is 24.4. The highest BCUT2D eigenvalue weighted by atomic mass is 16.6. The number of aliphatic hydroxyl groups is 1. The van der Waals surface area contributed by atoms with E-state index in [9.17, 15) is 15.2 Å². The van der Waals surface area contributed by atoms with Crippen LogP contribution in [0.15, 0.2) is 35.4 Å². The van der Waals surface area contributed by atoms with Crippen molar-refractivity contribution in [2.45, 2.75) is 31.5 Å². The van der Waals surface area contributed by atoms with Crippen molar-refractivity contribution in [1.29, 1.82) is 5.26 Å². The fourth-order valence-corrected chi connectivity index (χ4v) is 4.80. The fourth-order valence-electron chi connectivity index (χ4n) is 4.80. The van der Waals surface area contributed by atoms with Gasteiger partial charge in [0.05, 0.1) is 34.6 Å². The molecule has 5 rings (SSSR count). The van der Waals surface area contributed by atoms with Crippen LogP contribution in [-0.2, 0) is 20.0 Å². The molecule has 2 unspecified atom stereocenters. The number of β-amino-alcohol motifs (C(OH)–C–C–N with tert-alkyl or cyclic N) is 1. The van der Waals surface area contributed by atoms with Gasteiger partial charge in [0.1, 0.15) is 19.3 Å². The van der Waals surface area contributed by atoms with Crippen molar-refractivity contribution in [3.05, 3.63) is 57.8 Å². The smallest absolute Gasteiger partial charge is 0.250 e. The summed E-state index contributed by atoms with van der Waals surface area (Å²) in [6.07, 6.45) is 4.09. The number of likely N-dealkylation sites (tertiary alicyclic amines) is 1. The van der Waals surface area contributed by atoms with Gasteiger partial charge in [-0.15, -0.1) is 0 Å². The number of nitriles is 1. The molecule has 182 valence electrons. The van der Waals surface area contributed by atoms with Gasteiger partial charge in [-0.2, -0.15) is 5.26 Å². The third-order valence-corrected chi connectivity index (χ3v) is 6.73. The van der Waals surface area contributed by atoms with Crippen LogP contribution in [0.3, 0.4) is 0 Å². The van der Waals surface area contributed by atoms with Crippen molar-refractivity contribution in [3.8, 4) is 17.6 Å². The Kier molecular flexibility index (Phi) is 6.63. The van der Waals surface area contributed by atoms with E-state index in [1.165, 1.54) is 6.07 Å². The summed E-state index contributed by atoms with van der Waals surface area (Å²) in [5.41, 5.74) is 3.38. The van der Waals surface area contributed by atoms with Crippen LogP contribution in [0.5, 0.6) is 11.5 Å². The highest BCUT2D eigenvalue weighted by molar-refractivity contribution is 5.80. The molecule has 0 saturated carbocycles. The minimum Gasteiger partial charge on any atom is -0.486 e. The average Bonchev–Trinajstić information content (AvgIpc) is 2.88. The molecule has 35 heavy (non-hydrogen) atoms. The third kappa shape index (κ3) is 4.84. The zero-order valence-electron chi connectivity index (χ0n) is 19.6. The molecule has 3 aromatic heterocycles. The van der Waals surface area contributed by atoms with Crippen LogP contribution in [0.25, 0.3) is 11.0 Å². The van der Waals surface area contributed by atoms with Crippen molar-refractivity contribution < 1.29 is 14.6 Å². The summed E-state index contributed by atoms with van der Waals surface area (Å²) in [6.45, 7) is 3.60. The van der Waals surface area contributed by atoms with E-state index in [4.69, 9.17) is 9.47 Å². The van der Waals surface area contributed by atoms with Gasteiger partial charge in [0.25, 0.3) is 5.56 Å². The molecule has 5 heterocycles. The Morgan fingerprint density at radius 1 is 1.23 bits per heavy atom. The van der Waals surface area contributed by atoms with Gasteiger partial charge in [-0.05, 0) is 31.0 Å². The second kappa shape index (κ2) is 10.00. The van der Waals surface area contributed by atoms with Crippen molar-refractivity contribution in [2.24, 2.45) is 7.05 Å². The maximum absolute atomic E-state index is 12.2. The first-order valence-electron chi connectivity index (χ1n) is 11.8. The number of hydrogen-bond donors (Lipinski definition) is 2. The van der Waals surface area contributed by atoms with Crippen molar-refractivity contribution in [1.82, 2.24) is 24.8 Å². The van der Waals surface area contributed by atoms with Gasteiger partial charge in [-0.25, -0.2) is 0 Å². The molecule has 2 aliphatic rings. The Morgan fingerprint density at radius 2 is 2.06 bits per heavy atom.